The molecule has 2 aromatic rings. The van der Waals surface area contributed by atoms with Gasteiger partial charge in [0, 0.05) is 4.88 Å². The van der Waals surface area contributed by atoms with Crippen LogP contribution < -0.4 is 5.73 Å². The van der Waals surface area contributed by atoms with Crippen molar-refractivity contribution in [3.8, 4) is 0 Å². The minimum Gasteiger partial charge on any atom is -0.320 e. The van der Waals surface area contributed by atoms with Crippen molar-refractivity contribution >= 4 is 22.9 Å². The molecule has 1 atom stereocenters. The SMILES string of the molecule is Cc1cc(F)cc(C(N)c2ccc(Cl)s2)c1. The van der Waals surface area contributed by atoms with E-state index >= 15 is 0 Å². The lowest BCUT2D eigenvalue weighted by Gasteiger charge is -2.10. The van der Waals surface area contributed by atoms with Crippen molar-refractivity contribution in [1.29, 1.82) is 0 Å². The topological polar surface area (TPSA) is 26.0 Å². The van der Waals surface area contributed by atoms with Gasteiger partial charge in [0.25, 0.3) is 0 Å². The summed E-state index contributed by atoms with van der Waals surface area (Å²) in [6, 6.07) is 8.20. The first-order valence-electron chi connectivity index (χ1n) is 4.84. The van der Waals surface area contributed by atoms with Crippen molar-refractivity contribution in [2.24, 2.45) is 5.73 Å². The molecular formula is C12H11ClFNS. The molecule has 16 heavy (non-hydrogen) atoms. The molecule has 0 saturated carbocycles. The van der Waals surface area contributed by atoms with Crippen molar-refractivity contribution < 1.29 is 4.39 Å². The van der Waals surface area contributed by atoms with Gasteiger partial charge >= 0.3 is 0 Å². The van der Waals surface area contributed by atoms with Gasteiger partial charge in [-0.3, -0.25) is 0 Å². The zero-order valence-corrected chi connectivity index (χ0v) is 10.3. The van der Waals surface area contributed by atoms with Gasteiger partial charge in [0.05, 0.1) is 10.4 Å². The summed E-state index contributed by atoms with van der Waals surface area (Å²) in [5.74, 6) is -0.256. The predicted octanol–water partition coefficient (Wildman–Crippen LogP) is 3.90. The van der Waals surface area contributed by atoms with Crippen molar-refractivity contribution in [2.45, 2.75) is 13.0 Å². The van der Waals surface area contributed by atoms with Gasteiger partial charge in [-0.15, -0.1) is 11.3 Å². The molecule has 0 radical (unpaired) electrons. The molecule has 0 spiro atoms. The Morgan fingerprint density at radius 2 is 2.06 bits per heavy atom. The molecule has 84 valence electrons. The molecule has 1 aromatic carbocycles. The van der Waals surface area contributed by atoms with Crippen molar-refractivity contribution in [3.63, 3.8) is 0 Å². The first-order valence-corrected chi connectivity index (χ1v) is 6.03. The minimum atomic E-state index is -0.313. The summed E-state index contributed by atoms with van der Waals surface area (Å²) in [7, 11) is 0. The molecule has 0 amide bonds. The number of hydrogen-bond acceptors (Lipinski definition) is 2. The number of rotatable bonds is 2. The van der Waals surface area contributed by atoms with Crippen molar-refractivity contribution in [3.05, 3.63) is 56.5 Å². The van der Waals surface area contributed by atoms with Gasteiger partial charge in [0.1, 0.15) is 5.82 Å². The smallest absolute Gasteiger partial charge is 0.123 e. The summed E-state index contributed by atoms with van der Waals surface area (Å²) in [5.41, 5.74) is 7.70. The summed E-state index contributed by atoms with van der Waals surface area (Å²) in [6.07, 6.45) is 0. The predicted molar refractivity (Wildman–Crippen MR) is 66.5 cm³/mol. The molecule has 0 fully saturated rings. The van der Waals surface area contributed by atoms with Gasteiger partial charge in [0.15, 0.2) is 0 Å². The fraction of sp³-hybridized carbons (Fsp3) is 0.167. The molecule has 0 aliphatic carbocycles. The summed E-state index contributed by atoms with van der Waals surface area (Å²) in [5, 5.41) is 0. The Labute approximate surface area is 103 Å². The molecule has 0 bridgehead atoms. The van der Waals surface area contributed by atoms with E-state index in [9.17, 15) is 4.39 Å². The molecule has 1 nitrogen and oxygen atoms in total. The highest BCUT2D eigenvalue weighted by atomic mass is 35.5. The molecule has 0 aliphatic rings. The maximum Gasteiger partial charge on any atom is 0.123 e. The fourth-order valence-corrected chi connectivity index (χ4v) is 2.69. The third-order valence-electron chi connectivity index (χ3n) is 2.32. The third kappa shape index (κ3) is 2.43. The first kappa shape index (κ1) is 11.6. The normalized spacial score (nSPS) is 12.8. The van der Waals surface area contributed by atoms with Crippen LogP contribution in [0.4, 0.5) is 4.39 Å². The second-order valence-corrected chi connectivity index (χ2v) is 5.43. The van der Waals surface area contributed by atoms with Crippen LogP contribution in [-0.2, 0) is 0 Å². The number of hydrogen-bond donors (Lipinski definition) is 1. The summed E-state index contributed by atoms with van der Waals surface area (Å²) in [4.78, 5) is 0.940. The highest BCUT2D eigenvalue weighted by Gasteiger charge is 2.12. The van der Waals surface area contributed by atoms with Gasteiger partial charge in [0.2, 0.25) is 0 Å². The molecule has 1 heterocycles. The molecular weight excluding hydrogens is 245 g/mol. The van der Waals surface area contributed by atoms with E-state index in [-0.39, 0.29) is 11.9 Å². The van der Waals surface area contributed by atoms with Gasteiger partial charge in [-0.1, -0.05) is 17.7 Å². The quantitative estimate of drug-likeness (QED) is 0.866. The van der Waals surface area contributed by atoms with E-state index in [0.717, 1.165) is 16.0 Å². The largest absolute Gasteiger partial charge is 0.320 e. The van der Waals surface area contributed by atoms with E-state index in [0.29, 0.717) is 4.34 Å². The lowest BCUT2D eigenvalue weighted by atomic mass is 10.0. The number of nitrogens with two attached hydrogens (primary N) is 1. The zero-order valence-electron chi connectivity index (χ0n) is 8.71. The van der Waals surface area contributed by atoms with E-state index in [4.69, 9.17) is 17.3 Å². The maximum atomic E-state index is 13.2. The van der Waals surface area contributed by atoms with Crippen molar-refractivity contribution in [2.75, 3.05) is 0 Å². The second-order valence-electron chi connectivity index (χ2n) is 3.68. The van der Waals surface area contributed by atoms with E-state index in [1.54, 1.807) is 6.07 Å². The average Bonchev–Trinajstić information content (AvgIpc) is 2.62. The Morgan fingerprint density at radius 3 is 2.62 bits per heavy atom. The Hall–Kier alpha value is -0.900. The van der Waals surface area contributed by atoms with E-state index in [2.05, 4.69) is 0 Å². The first-order chi connectivity index (χ1) is 7.56. The number of halogens is 2. The Morgan fingerprint density at radius 1 is 1.31 bits per heavy atom. The monoisotopic (exact) mass is 255 g/mol. The number of aryl methyl sites for hydroxylation is 1. The highest BCUT2D eigenvalue weighted by molar-refractivity contribution is 7.16. The standard InChI is InChI=1S/C12H11ClFNS/c1-7-4-8(6-9(14)5-7)12(15)10-2-3-11(13)16-10/h2-6,12H,15H2,1H3. The van der Waals surface area contributed by atoms with Crippen LogP contribution in [0, 0.1) is 12.7 Å². The average molecular weight is 256 g/mol. The van der Waals surface area contributed by atoms with Crippen LogP contribution in [0.1, 0.15) is 22.0 Å². The molecule has 1 unspecified atom stereocenters. The second kappa shape index (κ2) is 4.53. The van der Waals surface area contributed by atoms with Crippen LogP contribution in [0.3, 0.4) is 0 Å². The number of thiophene rings is 1. The van der Waals surface area contributed by atoms with Crippen LogP contribution in [0.2, 0.25) is 4.34 Å². The third-order valence-corrected chi connectivity index (χ3v) is 3.64. The van der Waals surface area contributed by atoms with Gasteiger partial charge in [-0.05, 0) is 42.3 Å². The molecule has 4 heteroatoms. The molecule has 1 aromatic heterocycles. The van der Waals surface area contributed by atoms with Gasteiger partial charge in [-0.25, -0.2) is 4.39 Å². The highest BCUT2D eigenvalue weighted by Crippen LogP contribution is 2.30. The summed E-state index contributed by atoms with van der Waals surface area (Å²) >= 11 is 7.26. The van der Waals surface area contributed by atoms with E-state index in [1.165, 1.54) is 23.5 Å². The van der Waals surface area contributed by atoms with Crippen LogP contribution in [0.15, 0.2) is 30.3 Å². The fourth-order valence-electron chi connectivity index (χ4n) is 1.60. The molecule has 2 rings (SSSR count). The van der Waals surface area contributed by atoms with Crippen LogP contribution >= 0.6 is 22.9 Å². The zero-order chi connectivity index (χ0) is 11.7. The maximum absolute atomic E-state index is 13.2. The van der Waals surface area contributed by atoms with Crippen LogP contribution in [-0.4, -0.2) is 0 Å². The van der Waals surface area contributed by atoms with E-state index in [1.807, 2.05) is 19.1 Å². The van der Waals surface area contributed by atoms with Gasteiger partial charge in [-0.2, -0.15) is 0 Å². The van der Waals surface area contributed by atoms with Crippen LogP contribution in [0.5, 0.6) is 0 Å². The molecule has 0 aliphatic heterocycles. The summed E-state index contributed by atoms with van der Waals surface area (Å²) in [6.45, 7) is 1.85. The van der Waals surface area contributed by atoms with Crippen LogP contribution in [0.25, 0.3) is 0 Å². The molecule has 2 N–H and O–H groups in total. The Kier molecular flexibility index (Phi) is 3.28. The lowest BCUT2D eigenvalue weighted by molar-refractivity contribution is 0.622. The van der Waals surface area contributed by atoms with E-state index < -0.39 is 0 Å². The summed E-state index contributed by atoms with van der Waals surface area (Å²) < 4.78 is 13.9. The van der Waals surface area contributed by atoms with Gasteiger partial charge < -0.3 is 5.73 Å². The Bertz CT molecular complexity index is 489. The minimum absolute atomic E-state index is 0.256. The number of benzene rings is 1. The van der Waals surface area contributed by atoms with Crippen molar-refractivity contribution in [1.82, 2.24) is 0 Å². The molecule has 0 saturated heterocycles. The lowest BCUT2D eigenvalue weighted by Crippen LogP contribution is -2.10. The Balaban J connectivity index is 2.37.